The maximum absolute atomic E-state index is 11.8. The first-order valence-electron chi connectivity index (χ1n) is 12.1. The van der Waals surface area contributed by atoms with Crippen LogP contribution in [0, 0.1) is 0 Å². The van der Waals surface area contributed by atoms with Gasteiger partial charge < -0.3 is 14.6 Å². The molecule has 3 aromatic carbocycles. The number of hydrogen-bond donors (Lipinski definition) is 1. The van der Waals surface area contributed by atoms with Crippen LogP contribution in [0.2, 0.25) is 0 Å². The molecule has 38 heavy (non-hydrogen) atoms. The van der Waals surface area contributed by atoms with Crippen molar-refractivity contribution in [1.82, 2.24) is 0 Å². The van der Waals surface area contributed by atoms with E-state index in [0.29, 0.717) is 18.7 Å². The van der Waals surface area contributed by atoms with Crippen molar-refractivity contribution < 1.29 is 29.0 Å². The molecule has 0 aliphatic carbocycles. The Balaban J connectivity index is 1.26. The Bertz CT molecular complexity index is 1350. The largest absolute Gasteiger partial charge is 0.493 e. The molecule has 1 aliphatic heterocycles. The third-order valence-electron chi connectivity index (χ3n) is 5.80. The predicted molar refractivity (Wildman–Crippen MR) is 146 cm³/mol. The van der Waals surface area contributed by atoms with Gasteiger partial charge in [0.05, 0.1) is 31.1 Å². The number of rotatable bonds is 11. The van der Waals surface area contributed by atoms with E-state index >= 15 is 0 Å². The zero-order chi connectivity index (χ0) is 26.9. The highest BCUT2D eigenvalue weighted by molar-refractivity contribution is 6.28. The lowest BCUT2D eigenvalue weighted by atomic mass is 10.0. The van der Waals surface area contributed by atoms with Crippen LogP contribution in [0.15, 0.2) is 97.1 Å². The van der Waals surface area contributed by atoms with Gasteiger partial charge >= 0.3 is 5.97 Å². The van der Waals surface area contributed by atoms with Gasteiger partial charge in [0.1, 0.15) is 5.75 Å². The first-order chi connectivity index (χ1) is 18.4. The molecule has 1 aliphatic rings. The van der Waals surface area contributed by atoms with Gasteiger partial charge in [0.15, 0.2) is 0 Å². The molecule has 7 heteroatoms. The van der Waals surface area contributed by atoms with Gasteiger partial charge in [-0.15, -0.1) is 0 Å². The van der Waals surface area contributed by atoms with E-state index in [0.717, 1.165) is 32.9 Å². The summed E-state index contributed by atoms with van der Waals surface area (Å²) >= 11 is 0. The van der Waals surface area contributed by atoms with Crippen LogP contribution in [0.25, 0.3) is 23.3 Å². The highest BCUT2D eigenvalue weighted by atomic mass is 16.5. The average molecular weight is 510 g/mol. The molecule has 192 valence electrons. The van der Waals surface area contributed by atoms with Crippen LogP contribution in [0.1, 0.15) is 17.5 Å². The van der Waals surface area contributed by atoms with Crippen molar-refractivity contribution >= 4 is 35.6 Å². The lowest BCUT2D eigenvalue weighted by molar-refractivity contribution is -0.139. The second-order valence-electron chi connectivity index (χ2n) is 8.52. The van der Waals surface area contributed by atoms with Gasteiger partial charge in [-0.2, -0.15) is 0 Å². The van der Waals surface area contributed by atoms with E-state index in [9.17, 15) is 14.4 Å². The summed E-state index contributed by atoms with van der Waals surface area (Å²) in [4.78, 5) is 36.2. The van der Waals surface area contributed by atoms with Gasteiger partial charge in [-0.25, -0.2) is 9.69 Å². The Kier molecular flexibility index (Phi) is 8.64. The zero-order valence-corrected chi connectivity index (χ0v) is 20.7. The maximum Gasteiger partial charge on any atom is 0.335 e. The monoisotopic (exact) mass is 509 g/mol. The van der Waals surface area contributed by atoms with Crippen molar-refractivity contribution in [3.05, 3.63) is 108 Å². The number of imide groups is 1. The molecule has 0 fully saturated rings. The summed E-state index contributed by atoms with van der Waals surface area (Å²) in [7, 11) is 0. The van der Waals surface area contributed by atoms with Crippen LogP contribution in [-0.2, 0) is 19.1 Å². The quantitative estimate of drug-likeness (QED) is 0.131. The molecule has 0 radical (unpaired) electrons. The number of amides is 2. The normalized spacial score (nSPS) is 12.8. The summed E-state index contributed by atoms with van der Waals surface area (Å²) in [6, 6.07) is 23.2. The van der Waals surface area contributed by atoms with Crippen LogP contribution < -0.4 is 9.64 Å². The molecule has 2 amide bonds. The third kappa shape index (κ3) is 6.72. The summed E-state index contributed by atoms with van der Waals surface area (Å²) < 4.78 is 10.7. The molecule has 0 spiro atoms. The molecular weight excluding hydrogens is 482 g/mol. The minimum absolute atomic E-state index is 0.0329. The van der Waals surface area contributed by atoms with Crippen molar-refractivity contribution in [1.29, 1.82) is 0 Å². The summed E-state index contributed by atoms with van der Waals surface area (Å²) in [6.45, 7) is 3.60. The van der Waals surface area contributed by atoms with E-state index in [-0.39, 0.29) is 24.0 Å². The molecule has 1 N–H and O–H groups in total. The summed E-state index contributed by atoms with van der Waals surface area (Å²) in [6.07, 6.45) is 7.04. The highest BCUT2D eigenvalue weighted by Crippen LogP contribution is 2.24. The number of nitrogens with zero attached hydrogens (tertiary/aromatic N) is 1. The fourth-order valence-electron chi connectivity index (χ4n) is 3.69. The Morgan fingerprint density at radius 3 is 1.87 bits per heavy atom. The van der Waals surface area contributed by atoms with Crippen LogP contribution in [0.5, 0.6) is 5.75 Å². The van der Waals surface area contributed by atoms with Gasteiger partial charge in [-0.05, 0) is 46.5 Å². The number of hydrogen-bond acceptors (Lipinski definition) is 6. The van der Waals surface area contributed by atoms with E-state index in [1.807, 2.05) is 72.8 Å². The van der Waals surface area contributed by atoms with Crippen molar-refractivity contribution in [3.63, 3.8) is 0 Å². The maximum atomic E-state index is 11.8. The molecule has 3 aromatic rings. The second kappa shape index (κ2) is 12.5. The van der Waals surface area contributed by atoms with Crippen molar-refractivity contribution in [2.75, 3.05) is 24.7 Å². The second-order valence-corrected chi connectivity index (χ2v) is 8.52. The van der Waals surface area contributed by atoms with Crippen LogP contribution >= 0.6 is 0 Å². The molecule has 4 rings (SSSR count). The van der Waals surface area contributed by atoms with Gasteiger partial charge in [-0.3, -0.25) is 9.59 Å². The SMILES string of the molecule is C=C(CO)C(=O)OCCCOc1ccc(-c2ccc(/C=C/c3ccc(N4C(=O)C=CC4=O)cc3)cc2)cc1. The third-order valence-corrected chi connectivity index (χ3v) is 5.80. The van der Waals surface area contributed by atoms with Crippen molar-refractivity contribution in [2.24, 2.45) is 0 Å². The molecule has 0 unspecified atom stereocenters. The van der Waals surface area contributed by atoms with E-state index in [4.69, 9.17) is 14.6 Å². The molecule has 0 atom stereocenters. The molecule has 0 aromatic heterocycles. The molecule has 0 saturated carbocycles. The zero-order valence-electron chi connectivity index (χ0n) is 20.7. The van der Waals surface area contributed by atoms with Crippen LogP contribution in [-0.4, -0.2) is 42.7 Å². The smallest absolute Gasteiger partial charge is 0.335 e. The molecule has 7 nitrogen and oxygen atoms in total. The Morgan fingerprint density at radius 2 is 1.32 bits per heavy atom. The first kappa shape index (κ1) is 26.3. The number of aliphatic hydroxyl groups is 1. The van der Waals surface area contributed by atoms with Gasteiger partial charge in [-0.1, -0.05) is 67.3 Å². The lowest BCUT2D eigenvalue weighted by Gasteiger charge is -2.13. The van der Waals surface area contributed by atoms with E-state index in [2.05, 4.69) is 6.58 Å². The van der Waals surface area contributed by atoms with Crippen molar-refractivity contribution in [2.45, 2.75) is 6.42 Å². The van der Waals surface area contributed by atoms with Gasteiger partial charge in [0.2, 0.25) is 0 Å². The molecule has 0 bridgehead atoms. The number of aliphatic hydroxyl groups excluding tert-OH is 1. The predicted octanol–water partition coefficient (Wildman–Crippen LogP) is 4.81. The summed E-state index contributed by atoms with van der Waals surface area (Å²) in [5.41, 5.74) is 4.70. The van der Waals surface area contributed by atoms with E-state index in [1.54, 1.807) is 12.1 Å². The minimum Gasteiger partial charge on any atom is -0.493 e. The number of esters is 1. The van der Waals surface area contributed by atoms with E-state index in [1.165, 1.54) is 12.2 Å². The van der Waals surface area contributed by atoms with Crippen LogP contribution in [0.4, 0.5) is 5.69 Å². The number of ether oxygens (including phenoxy) is 2. The lowest BCUT2D eigenvalue weighted by Crippen LogP contribution is -2.29. The molecular formula is C31H27NO6. The fraction of sp³-hybridized carbons (Fsp3) is 0.129. The van der Waals surface area contributed by atoms with Crippen LogP contribution in [0.3, 0.4) is 0 Å². The molecule has 0 saturated heterocycles. The fourth-order valence-corrected chi connectivity index (χ4v) is 3.69. The van der Waals surface area contributed by atoms with Gasteiger partial charge in [0, 0.05) is 18.6 Å². The average Bonchev–Trinajstić information content (AvgIpc) is 3.29. The number of anilines is 1. The first-order valence-corrected chi connectivity index (χ1v) is 12.1. The molecule has 1 heterocycles. The summed E-state index contributed by atoms with van der Waals surface area (Å²) in [5.74, 6) is -0.536. The van der Waals surface area contributed by atoms with Gasteiger partial charge in [0.25, 0.3) is 11.8 Å². The van der Waals surface area contributed by atoms with Crippen molar-refractivity contribution in [3.8, 4) is 16.9 Å². The Morgan fingerprint density at radius 1 is 0.789 bits per heavy atom. The number of carbonyl (C=O) groups is 3. The minimum atomic E-state index is -0.597. The Labute approximate surface area is 220 Å². The Hall–Kier alpha value is -4.75. The summed E-state index contributed by atoms with van der Waals surface area (Å²) in [5, 5.41) is 8.84. The van der Waals surface area contributed by atoms with E-state index < -0.39 is 12.6 Å². The highest BCUT2D eigenvalue weighted by Gasteiger charge is 2.24. The number of benzene rings is 3. The standard InChI is InChI=1S/C31H27NO6/c1-22(21-33)31(36)38-20-2-19-37-28-15-11-26(12-16-28)25-9-5-23(6-10-25)3-4-24-7-13-27(14-8-24)32-29(34)17-18-30(32)35/h3-18,33H,1-2,19-21H2/b4-3+. The topological polar surface area (TPSA) is 93.1 Å². The number of carbonyl (C=O) groups excluding carboxylic acids is 3.